The predicted octanol–water partition coefficient (Wildman–Crippen LogP) is 2.07. The van der Waals surface area contributed by atoms with Crippen LogP contribution in [0.1, 0.15) is 24.2 Å². The van der Waals surface area contributed by atoms with Crippen molar-refractivity contribution in [1.82, 2.24) is 15.1 Å². The number of nitrogens with one attached hydrogen (secondary N) is 1. The van der Waals surface area contributed by atoms with Gasteiger partial charge in [0.1, 0.15) is 5.56 Å². The molecule has 7 heteroatoms. The number of rotatable bonds is 5. The third-order valence-electron chi connectivity index (χ3n) is 3.43. The SMILES string of the molecule is CNC(=O)c1cc(-c2ccc(OC)c(F)c2)nn(CC(C)C)c1=O. The summed E-state index contributed by atoms with van der Waals surface area (Å²) in [5, 5.41) is 6.71. The average Bonchev–Trinajstić information content (AvgIpc) is 2.55. The summed E-state index contributed by atoms with van der Waals surface area (Å²) in [5.74, 6) is -0.772. The molecule has 0 saturated carbocycles. The summed E-state index contributed by atoms with van der Waals surface area (Å²) in [5.41, 5.74) is 0.298. The van der Waals surface area contributed by atoms with Crippen LogP contribution in [0.15, 0.2) is 29.1 Å². The highest BCUT2D eigenvalue weighted by Gasteiger charge is 2.17. The lowest BCUT2D eigenvalue weighted by Crippen LogP contribution is -2.34. The molecule has 1 heterocycles. The number of hydrogen-bond acceptors (Lipinski definition) is 4. The molecule has 0 fully saturated rings. The van der Waals surface area contributed by atoms with E-state index in [1.807, 2.05) is 13.8 Å². The monoisotopic (exact) mass is 333 g/mol. The van der Waals surface area contributed by atoms with Gasteiger partial charge in [0.2, 0.25) is 0 Å². The van der Waals surface area contributed by atoms with Gasteiger partial charge in [-0.25, -0.2) is 9.07 Å². The fraction of sp³-hybridized carbons (Fsp3) is 0.353. The second kappa shape index (κ2) is 7.25. The molecule has 1 aromatic carbocycles. The quantitative estimate of drug-likeness (QED) is 0.909. The number of benzene rings is 1. The molecule has 1 amide bonds. The van der Waals surface area contributed by atoms with Crippen LogP contribution in [0.5, 0.6) is 5.75 Å². The van der Waals surface area contributed by atoms with Gasteiger partial charge in [-0.2, -0.15) is 5.10 Å². The van der Waals surface area contributed by atoms with Gasteiger partial charge in [0.15, 0.2) is 11.6 Å². The first kappa shape index (κ1) is 17.7. The average molecular weight is 333 g/mol. The smallest absolute Gasteiger partial charge is 0.279 e. The molecule has 24 heavy (non-hydrogen) atoms. The Morgan fingerprint density at radius 2 is 2.08 bits per heavy atom. The molecule has 1 N–H and O–H groups in total. The van der Waals surface area contributed by atoms with Gasteiger partial charge < -0.3 is 10.1 Å². The number of carbonyl (C=O) groups excluding carboxylic acids is 1. The van der Waals surface area contributed by atoms with Gasteiger partial charge in [-0.1, -0.05) is 13.8 Å². The second-order valence-corrected chi connectivity index (χ2v) is 5.75. The topological polar surface area (TPSA) is 73.2 Å². The Balaban J connectivity index is 2.63. The first-order valence-corrected chi connectivity index (χ1v) is 7.55. The van der Waals surface area contributed by atoms with E-state index in [2.05, 4.69) is 10.4 Å². The van der Waals surface area contributed by atoms with Crippen molar-refractivity contribution in [3.63, 3.8) is 0 Å². The van der Waals surface area contributed by atoms with Crippen molar-refractivity contribution in [2.45, 2.75) is 20.4 Å². The minimum Gasteiger partial charge on any atom is -0.494 e. The van der Waals surface area contributed by atoms with E-state index in [0.29, 0.717) is 17.8 Å². The predicted molar refractivity (Wildman–Crippen MR) is 88.7 cm³/mol. The Bertz CT molecular complexity index is 815. The van der Waals surface area contributed by atoms with Gasteiger partial charge in [0.05, 0.1) is 12.8 Å². The van der Waals surface area contributed by atoms with Crippen LogP contribution >= 0.6 is 0 Å². The Morgan fingerprint density at radius 1 is 1.38 bits per heavy atom. The van der Waals surface area contributed by atoms with Gasteiger partial charge in [-0.05, 0) is 30.2 Å². The molecule has 6 nitrogen and oxygen atoms in total. The van der Waals surface area contributed by atoms with Crippen LogP contribution in [0.3, 0.4) is 0 Å². The Labute approximate surface area is 139 Å². The first-order valence-electron chi connectivity index (χ1n) is 7.55. The standard InChI is InChI=1S/C17H20FN3O3/c1-10(2)9-21-17(23)12(16(22)19-3)8-14(20-21)11-5-6-15(24-4)13(18)7-11/h5-8,10H,9H2,1-4H3,(H,19,22). The summed E-state index contributed by atoms with van der Waals surface area (Å²) in [6, 6.07) is 5.74. The number of carbonyl (C=O) groups is 1. The minimum absolute atomic E-state index is 0.0284. The minimum atomic E-state index is -0.542. The van der Waals surface area contributed by atoms with Crippen LogP contribution in [-0.4, -0.2) is 29.8 Å². The summed E-state index contributed by atoms with van der Waals surface area (Å²) >= 11 is 0. The van der Waals surface area contributed by atoms with Crippen molar-refractivity contribution >= 4 is 5.91 Å². The van der Waals surface area contributed by atoms with E-state index in [0.717, 1.165) is 0 Å². The zero-order valence-electron chi connectivity index (χ0n) is 14.1. The van der Waals surface area contributed by atoms with Crippen molar-refractivity contribution in [2.24, 2.45) is 5.92 Å². The van der Waals surface area contributed by atoms with Crippen molar-refractivity contribution in [1.29, 1.82) is 0 Å². The number of hydrogen-bond donors (Lipinski definition) is 1. The summed E-state index contributed by atoms with van der Waals surface area (Å²) in [4.78, 5) is 24.4. The largest absolute Gasteiger partial charge is 0.494 e. The van der Waals surface area contributed by atoms with E-state index in [-0.39, 0.29) is 17.2 Å². The van der Waals surface area contributed by atoms with Crippen molar-refractivity contribution in [3.8, 4) is 17.0 Å². The summed E-state index contributed by atoms with van der Waals surface area (Å²) < 4.78 is 20.1. The lowest BCUT2D eigenvalue weighted by atomic mass is 10.1. The zero-order valence-corrected chi connectivity index (χ0v) is 14.1. The number of halogens is 1. The molecule has 0 unspecified atom stereocenters. The number of amides is 1. The Hall–Kier alpha value is -2.70. The fourth-order valence-corrected chi connectivity index (χ4v) is 2.28. The van der Waals surface area contributed by atoms with Gasteiger partial charge in [-0.3, -0.25) is 9.59 Å². The highest BCUT2D eigenvalue weighted by molar-refractivity contribution is 5.94. The van der Waals surface area contributed by atoms with Crippen LogP contribution in [0.4, 0.5) is 4.39 Å². The van der Waals surface area contributed by atoms with Crippen LogP contribution < -0.4 is 15.6 Å². The summed E-state index contributed by atoms with van der Waals surface area (Å²) in [7, 11) is 2.82. The Kier molecular flexibility index (Phi) is 5.33. The zero-order chi connectivity index (χ0) is 17.9. The van der Waals surface area contributed by atoms with Crippen molar-refractivity contribution in [2.75, 3.05) is 14.2 Å². The third kappa shape index (κ3) is 3.61. The van der Waals surface area contributed by atoms with Crippen LogP contribution in [0.2, 0.25) is 0 Å². The Morgan fingerprint density at radius 3 is 2.62 bits per heavy atom. The number of ether oxygens (including phenoxy) is 1. The maximum atomic E-state index is 14.0. The number of aromatic nitrogens is 2. The van der Waals surface area contributed by atoms with Crippen molar-refractivity contribution in [3.05, 3.63) is 46.0 Å². The van der Waals surface area contributed by atoms with E-state index >= 15 is 0 Å². The van der Waals surface area contributed by atoms with Gasteiger partial charge in [-0.15, -0.1) is 0 Å². The van der Waals surface area contributed by atoms with Gasteiger partial charge in [0, 0.05) is 19.2 Å². The molecule has 0 bridgehead atoms. The summed E-state index contributed by atoms with van der Waals surface area (Å²) in [6.07, 6.45) is 0. The molecule has 0 aliphatic carbocycles. The maximum Gasteiger partial charge on any atom is 0.279 e. The molecule has 2 rings (SSSR count). The molecular formula is C17H20FN3O3. The van der Waals surface area contributed by atoms with E-state index in [1.165, 1.54) is 37.0 Å². The van der Waals surface area contributed by atoms with E-state index in [9.17, 15) is 14.0 Å². The molecule has 0 saturated heterocycles. The molecule has 0 radical (unpaired) electrons. The maximum absolute atomic E-state index is 14.0. The number of methoxy groups -OCH3 is 1. The normalized spacial score (nSPS) is 10.8. The molecular weight excluding hydrogens is 313 g/mol. The van der Waals surface area contributed by atoms with Crippen LogP contribution in [0.25, 0.3) is 11.3 Å². The lowest BCUT2D eigenvalue weighted by molar-refractivity contribution is 0.0960. The summed E-state index contributed by atoms with van der Waals surface area (Å²) in [6.45, 7) is 4.23. The molecule has 0 aliphatic heterocycles. The van der Waals surface area contributed by atoms with Crippen LogP contribution in [0, 0.1) is 11.7 Å². The molecule has 128 valence electrons. The van der Waals surface area contributed by atoms with E-state index in [1.54, 1.807) is 6.07 Å². The lowest BCUT2D eigenvalue weighted by Gasteiger charge is -2.12. The van der Waals surface area contributed by atoms with Gasteiger partial charge >= 0.3 is 0 Å². The van der Waals surface area contributed by atoms with Crippen LogP contribution in [-0.2, 0) is 6.54 Å². The van der Waals surface area contributed by atoms with Gasteiger partial charge in [0.25, 0.3) is 11.5 Å². The molecule has 0 atom stereocenters. The highest BCUT2D eigenvalue weighted by Crippen LogP contribution is 2.24. The van der Waals surface area contributed by atoms with E-state index in [4.69, 9.17) is 4.74 Å². The molecule has 2 aromatic rings. The van der Waals surface area contributed by atoms with Crippen molar-refractivity contribution < 1.29 is 13.9 Å². The highest BCUT2D eigenvalue weighted by atomic mass is 19.1. The molecule has 0 aliphatic rings. The molecule has 0 spiro atoms. The first-order chi connectivity index (χ1) is 11.4. The third-order valence-corrected chi connectivity index (χ3v) is 3.43. The molecule has 1 aromatic heterocycles. The second-order valence-electron chi connectivity index (χ2n) is 5.75. The number of nitrogens with zero attached hydrogens (tertiary/aromatic N) is 2. The fourth-order valence-electron chi connectivity index (χ4n) is 2.28. The van der Waals surface area contributed by atoms with E-state index < -0.39 is 17.3 Å².